The SMILES string of the molecule is C=C(CC(CO/C=C\O)COC(=O)CCCCCCCC)OCC(C/C=C\CC(C)CCOC(=O)CC([CH2-])COC(=O)CCCCCCCC)C(C)C.CCCCCCCCC.CCCCCCCC[C-]=O.CNCCOC(C)=O.[U+2]. The standard InChI is InChI=1S/C44H77O9.C9H17O.C9H20.C5H11NO2.U/c1-8-10-12-14-16-18-24-42(46)52-32-38(6)30-44(48)50-28-26-37(5)22-20-21-23-41(36(3)4)35-51-39(7)31-40(33-49-29-27-45)34-53-43(47)25-19-17-15-13-11-9-2;1-2-3-4-5-6-7-8-9-10;1-3-5-7-9-8-6-4-2;1-5(7)8-4-3-6-2;/h20-21,27,29,36-38,40-41,45H,6-19,22-26,28,30-35H2,1-5H3;2-8H2,1H3;3-9H2,1-2H3;6H,3-4H2,1-2H3;/q2*-1;;;+2/b21-20-,29-27-;;;;. The average molecular weight is 1370 g/mol. The van der Waals surface area contributed by atoms with Crippen LogP contribution in [-0.2, 0) is 52.4 Å². The van der Waals surface area contributed by atoms with E-state index in [1.165, 1.54) is 129 Å². The molecular weight excluding hydrogens is 1250 g/mol. The fraction of sp³-hybridized carbons (Fsp3) is 0.821. The first-order chi connectivity index (χ1) is 38.6. The molecule has 4 atom stereocenters. The molecule has 0 amide bonds. The molecule has 0 bridgehead atoms. The van der Waals surface area contributed by atoms with Crippen molar-refractivity contribution in [3.8, 4) is 0 Å². The molecule has 2 N–H and O–H groups in total. The van der Waals surface area contributed by atoms with Gasteiger partial charge in [-0.05, 0) is 56.9 Å². The Morgan fingerprint density at radius 3 is 1.51 bits per heavy atom. The van der Waals surface area contributed by atoms with Gasteiger partial charge in [0, 0.05) is 45.1 Å². The third kappa shape index (κ3) is 75.2. The monoisotopic (exact) mass is 1370 g/mol. The minimum atomic E-state index is -0.319. The van der Waals surface area contributed by atoms with Crippen molar-refractivity contribution in [3.05, 3.63) is 43.9 Å². The van der Waals surface area contributed by atoms with E-state index in [1.807, 2.05) is 13.3 Å². The van der Waals surface area contributed by atoms with Crippen molar-refractivity contribution >= 4 is 30.2 Å². The average Bonchev–Trinajstić information content (AvgIpc) is 3.42. The van der Waals surface area contributed by atoms with Gasteiger partial charge in [0.15, 0.2) is 0 Å². The van der Waals surface area contributed by atoms with Crippen molar-refractivity contribution in [1.29, 1.82) is 0 Å². The summed E-state index contributed by atoms with van der Waals surface area (Å²) in [4.78, 5) is 56.4. The summed E-state index contributed by atoms with van der Waals surface area (Å²) in [6.07, 6.45) is 43.7. The first-order valence-corrected chi connectivity index (χ1v) is 31.9. The van der Waals surface area contributed by atoms with E-state index >= 15 is 0 Å². The zero-order valence-electron chi connectivity index (χ0n) is 53.8. The largest absolute Gasteiger partial charge is 2.00 e. The number of allylic oxidation sites excluding steroid dienone is 3. The fourth-order valence-corrected chi connectivity index (χ4v) is 7.95. The molecule has 0 fully saturated rings. The third-order valence-corrected chi connectivity index (χ3v) is 13.3. The number of hydrogen-bond acceptors (Lipinski definition) is 13. The van der Waals surface area contributed by atoms with E-state index in [0.717, 1.165) is 77.0 Å². The van der Waals surface area contributed by atoms with E-state index in [0.29, 0.717) is 69.0 Å². The summed E-state index contributed by atoms with van der Waals surface area (Å²) in [5.74, 6) is 0.251. The summed E-state index contributed by atoms with van der Waals surface area (Å²) < 4.78 is 32.3. The van der Waals surface area contributed by atoms with Gasteiger partial charge in [-0.25, -0.2) is 0 Å². The van der Waals surface area contributed by atoms with Crippen LogP contribution in [0.4, 0.5) is 0 Å². The van der Waals surface area contributed by atoms with Crippen molar-refractivity contribution in [3.63, 3.8) is 0 Å². The normalized spacial score (nSPS) is 12.2. The Balaban J connectivity index is -0.000000555. The van der Waals surface area contributed by atoms with Crippen LogP contribution in [0.5, 0.6) is 0 Å². The Hall–Kier alpha value is -2.82. The first kappa shape index (κ1) is 87.0. The number of unbranched alkanes of at least 4 members (excludes halogenated alkanes) is 22. The van der Waals surface area contributed by atoms with Crippen molar-refractivity contribution in [2.45, 2.75) is 274 Å². The Labute approximate surface area is 521 Å². The molecule has 0 rings (SSSR count). The summed E-state index contributed by atoms with van der Waals surface area (Å²) >= 11 is 0. The second kappa shape index (κ2) is 71.4. The van der Waals surface area contributed by atoms with Crippen LogP contribution in [0.1, 0.15) is 274 Å². The molecule has 0 aromatic rings. The second-order valence-electron chi connectivity index (χ2n) is 21.9. The maximum Gasteiger partial charge on any atom is 2.00 e. The van der Waals surface area contributed by atoms with Gasteiger partial charge in [-0.2, -0.15) is 6.42 Å². The first-order valence-electron chi connectivity index (χ1n) is 31.9. The molecule has 4 unspecified atom stereocenters. The number of likely N-dealkylation sites (N-methyl/N-ethyl adjacent to an activating group) is 1. The molecule has 0 saturated carbocycles. The summed E-state index contributed by atoms with van der Waals surface area (Å²) in [6, 6.07) is 0. The van der Waals surface area contributed by atoms with Crippen LogP contribution in [-0.4, -0.2) is 88.5 Å². The third-order valence-electron chi connectivity index (χ3n) is 13.3. The zero-order chi connectivity index (χ0) is 60.5. The number of hydrogen-bond donors (Lipinski definition) is 2. The number of ether oxygens (including phenoxy) is 6. The van der Waals surface area contributed by atoms with Crippen LogP contribution >= 0.6 is 0 Å². The summed E-state index contributed by atoms with van der Waals surface area (Å²) in [5.41, 5.74) is 0. The van der Waals surface area contributed by atoms with Crippen LogP contribution in [0.3, 0.4) is 0 Å². The van der Waals surface area contributed by atoms with Crippen molar-refractivity contribution in [2.75, 3.05) is 53.2 Å². The van der Waals surface area contributed by atoms with E-state index < -0.39 is 0 Å². The molecule has 0 saturated heterocycles. The maximum atomic E-state index is 12.3. The number of esters is 4. The van der Waals surface area contributed by atoms with Gasteiger partial charge < -0.3 is 50.6 Å². The molecule has 0 aromatic carbocycles. The minimum absolute atomic E-state index is 0. The Bertz CT molecular complexity index is 1440. The molecule has 0 aliphatic heterocycles. The van der Waals surface area contributed by atoms with Crippen LogP contribution in [0.15, 0.2) is 37.0 Å². The number of carbonyl (C=O) groups is 4. The number of aliphatic hydroxyl groups excluding tert-OH is 1. The van der Waals surface area contributed by atoms with Gasteiger partial charge in [0.2, 0.25) is 0 Å². The van der Waals surface area contributed by atoms with Gasteiger partial charge in [0.25, 0.3) is 0 Å². The number of rotatable bonds is 52. The van der Waals surface area contributed by atoms with E-state index in [2.05, 4.69) is 91.1 Å². The van der Waals surface area contributed by atoms with Gasteiger partial charge in [-0.15, -0.1) is 5.92 Å². The molecular formula is C67H125NO12U. The minimum Gasteiger partial charge on any atom is -0.542 e. The van der Waals surface area contributed by atoms with Gasteiger partial charge in [-0.1, -0.05) is 222 Å². The van der Waals surface area contributed by atoms with Crippen molar-refractivity contribution < 1.29 is 88.6 Å². The Morgan fingerprint density at radius 2 is 1.05 bits per heavy atom. The van der Waals surface area contributed by atoms with E-state index in [-0.39, 0.29) is 93.1 Å². The van der Waals surface area contributed by atoms with E-state index in [9.17, 15) is 24.0 Å². The van der Waals surface area contributed by atoms with E-state index in [1.54, 1.807) is 0 Å². The zero-order valence-corrected chi connectivity index (χ0v) is 58.0. The summed E-state index contributed by atoms with van der Waals surface area (Å²) in [5, 5.41) is 11.8. The quantitative estimate of drug-likeness (QED) is 0.0147. The van der Waals surface area contributed by atoms with Gasteiger partial charge >= 0.3 is 55.0 Å². The number of aliphatic hydroxyl groups is 1. The van der Waals surface area contributed by atoms with Crippen LogP contribution in [0.25, 0.3) is 0 Å². The summed E-state index contributed by atoms with van der Waals surface area (Å²) in [7, 11) is 1.81. The Morgan fingerprint density at radius 1 is 0.580 bits per heavy atom. The molecule has 474 valence electrons. The second-order valence-corrected chi connectivity index (χ2v) is 21.9. The summed E-state index contributed by atoms with van der Waals surface area (Å²) in [6.45, 7) is 29.7. The molecule has 14 heteroatoms. The van der Waals surface area contributed by atoms with Crippen LogP contribution in [0.2, 0.25) is 0 Å². The van der Waals surface area contributed by atoms with Gasteiger partial charge in [0.1, 0.15) is 19.1 Å². The molecule has 0 aliphatic carbocycles. The van der Waals surface area contributed by atoms with Crippen molar-refractivity contribution in [1.82, 2.24) is 5.32 Å². The predicted octanol–water partition coefficient (Wildman–Crippen LogP) is 17.5. The predicted molar refractivity (Wildman–Crippen MR) is 332 cm³/mol. The maximum absolute atomic E-state index is 12.3. The molecule has 13 nitrogen and oxygen atoms in total. The molecule has 0 radical (unpaired) electrons. The van der Waals surface area contributed by atoms with Crippen molar-refractivity contribution in [2.24, 2.45) is 29.6 Å². The number of nitrogens with one attached hydrogen (secondary N) is 1. The van der Waals surface area contributed by atoms with Crippen LogP contribution < -0.4 is 5.32 Å². The molecule has 0 aromatic heterocycles. The smallest absolute Gasteiger partial charge is 0.542 e. The molecule has 81 heavy (non-hydrogen) atoms. The van der Waals surface area contributed by atoms with E-state index in [4.69, 9.17) is 28.8 Å². The molecule has 0 aliphatic rings. The van der Waals surface area contributed by atoms with Gasteiger partial charge in [-0.3, -0.25) is 25.5 Å². The van der Waals surface area contributed by atoms with Crippen LogP contribution in [0, 0.1) is 67.6 Å². The number of carbonyl (C=O) groups excluding carboxylic acids is 5. The molecule has 0 heterocycles. The topological polar surface area (TPSA) is 173 Å². The Kier molecular flexibility index (Phi) is 76.7. The fourth-order valence-electron chi connectivity index (χ4n) is 7.95. The van der Waals surface area contributed by atoms with Gasteiger partial charge in [0.05, 0.1) is 38.8 Å². The molecule has 0 spiro atoms.